The van der Waals surface area contributed by atoms with Gasteiger partial charge in [0.15, 0.2) is 0 Å². The molecular weight excluding hydrogens is 252 g/mol. The summed E-state index contributed by atoms with van der Waals surface area (Å²) >= 11 is 0. The second-order valence-electron chi connectivity index (χ2n) is 4.78. The Morgan fingerprint density at radius 3 is 2.60 bits per heavy atom. The number of anilines is 1. The maximum atomic E-state index is 11.4. The molecule has 0 saturated heterocycles. The summed E-state index contributed by atoms with van der Waals surface area (Å²) in [5, 5.41) is 3.39. The highest BCUT2D eigenvalue weighted by molar-refractivity contribution is 6.00. The predicted molar refractivity (Wildman–Crippen MR) is 79.9 cm³/mol. The first-order valence-electron chi connectivity index (χ1n) is 6.54. The number of nitrogens with one attached hydrogen (secondary N) is 1. The zero-order valence-corrected chi connectivity index (χ0v) is 11.6. The van der Waals surface area contributed by atoms with Gasteiger partial charge in [-0.3, -0.25) is 4.79 Å². The Labute approximate surface area is 118 Å². The Hall–Kier alpha value is -2.36. The van der Waals surface area contributed by atoms with E-state index < -0.39 is 0 Å². The number of aldehydes is 1. The van der Waals surface area contributed by atoms with Crippen LogP contribution in [-0.2, 0) is 4.79 Å². The van der Waals surface area contributed by atoms with Gasteiger partial charge in [-0.05, 0) is 31.0 Å². The van der Waals surface area contributed by atoms with Gasteiger partial charge in [0, 0.05) is 5.92 Å². The Bertz CT molecular complexity index is 603. The average Bonchev–Trinajstić information content (AvgIpc) is 2.79. The Morgan fingerprint density at radius 1 is 1.30 bits per heavy atom. The van der Waals surface area contributed by atoms with Gasteiger partial charge in [-0.15, -0.1) is 0 Å². The number of hydrogen-bond donors (Lipinski definition) is 2. The highest BCUT2D eigenvalue weighted by Crippen LogP contribution is 2.42. The number of benzene rings is 1. The molecule has 0 saturated carbocycles. The summed E-state index contributed by atoms with van der Waals surface area (Å²) in [6.45, 7) is 3.51. The molecule has 0 bridgehead atoms. The quantitative estimate of drug-likeness (QED) is 0.769. The molecule has 3 rings (SSSR count). The van der Waals surface area contributed by atoms with E-state index in [2.05, 4.69) is 24.4 Å². The normalized spacial score (nSPS) is 21.1. The molecule has 104 valence electrons. The van der Waals surface area contributed by atoms with Crippen LogP contribution in [-0.4, -0.2) is 18.2 Å². The first kappa shape index (κ1) is 14.1. The molecule has 1 aromatic carbocycles. The summed E-state index contributed by atoms with van der Waals surface area (Å²) in [6, 6.07) is 4.01. The first-order valence-corrected chi connectivity index (χ1v) is 6.54. The fraction of sp³-hybridized carbons (Fsp3) is 0.250. The molecule has 1 amide bonds. The van der Waals surface area contributed by atoms with Crippen molar-refractivity contribution in [2.45, 2.75) is 25.8 Å². The van der Waals surface area contributed by atoms with Crippen LogP contribution in [0.2, 0.25) is 0 Å². The van der Waals surface area contributed by atoms with E-state index >= 15 is 0 Å². The molecule has 0 fully saturated rings. The lowest BCUT2D eigenvalue weighted by molar-refractivity contribution is -0.106. The predicted octanol–water partition coefficient (Wildman–Crippen LogP) is 2.30. The van der Waals surface area contributed by atoms with Crippen molar-refractivity contribution in [1.82, 2.24) is 0 Å². The topological polar surface area (TPSA) is 72.2 Å². The maximum absolute atomic E-state index is 11.4. The molecule has 4 heteroatoms. The second kappa shape index (κ2) is 5.74. The van der Waals surface area contributed by atoms with E-state index in [1.165, 1.54) is 18.1 Å². The number of fused-ring (bicyclic) bond motifs is 3. The van der Waals surface area contributed by atoms with Crippen molar-refractivity contribution in [2.75, 3.05) is 5.32 Å². The molecule has 20 heavy (non-hydrogen) atoms. The Morgan fingerprint density at radius 2 is 1.95 bits per heavy atom. The fourth-order valence-electron chi connectivity index (χ4n) is 2.70. The van der Waals surface area contributed by atoms with Crippen LogP contribution in [0.25, 0.3) is 0 Å². The molecule has 1 aliphatic carbocycles. The lowest BCUT2D eigenvalue weighted by atomic mass is 9.88. The summed E-state index contributed by atoms with van der Waals surface area (Å²) in [6.07, 6.45) is 9.11. The number of hydrogen-bond acceptors (Lipinski definition) is 3. The van der Waals surface area contributed by atoms with E-state index in [9.17, 15) is 4.79 Å². The van der Waals surface area contributed by atoms with E-state index in [0.717, 1.165) is 12.0 Å². The minimum Gasteiger partial charge on any atom is -0.377 e. The molecule has 2 atom stereocenters. The number of amides is 1. The molecule has 3 N–H and O–H groups in total. The maximum Gasteiger partial charge on any atom is 0.250 e. The molecule has 0 spiro atoms. The number of primary amides is 1. The Kier molecular flexibility index (Phi) is 4.03. The summed E-state index contributed by atoms with van der Waals surface area (Å²) in [7, 11) is 0. The smallest absolute Gasteiger partial charge is 0.250 e. The second-order valence-corrected chi connectivity index (χ2v) is 4.78. The van der Waals surface area contributed by atoms with Crippen LogP contribution >= 0.6 is 0 Å². The molecule has 2 unspecified atom stereocenters. The molecule has 1 aliphatic heterocycles. The minimum atomic E-state index is -0.375. The van der Waals surface area contributed by atoms with E-state index in [-0.39, 0.29) is 11.9 Å². The van der Waals surface area contributed by atoms with Crippen LogP contribution in [0.3, 0.4) is 0 Å². The molecule has 0 aromatic heterocycles. The van der Waals surface area contributed by atoms with Crippen LogP contribution in [0.1, 0.15) is 34.3 Å². The third kappa shape index (κ3) is 2.37. The number of carbonyl (C=O) groups is 2. The highest BCUT2D eigenvalue weighted by atomic mass is 16.1. The summed E-state index contributed by atoms with van der Waals surface area (Å²) in [4.78, 5) is 20.2. The third-order valence-corrected chi connectivity index (χ3v) is 3.51. The Balaban J connectivity index is 0.000000452. The van der Waals surface area contributed by atoms with Gasteiger partial charge >= 0.3 is 0 Å². The van der Waals surface area contributed by atoms with E-state index in [4.69, 9.17) is 10.5 Å². The van der Waals surface area contributed by atoms with Crippen LogP contribution in [0.5, 0.6) is 0 Å². The van der Waals surface area contributed by atoms with E-state index in [1.54, 1.807) is 6.07 Å². The average molecular weight is 270 g/mol. The highest BCUT2D eigenvalue weighted by Gasteiger charge is 2.33. The van der Waals surface area contributed by atoms with Gasteiger partial charge < -0.3 is 15.8 Å². The van der Waals surface area contributed by atoms with Gasteiger partial charge in [-0.1, -0.05) is 30.4 Å². The van der Waals surface area contributed by atoms with Gasteiger partial charge in [-0.2, -0.15) is 0 Å². The van der Waals surface area contributed by atoms with Crippen LogP contribution in [0.15, 0.2) is 36.4 Å². The molecule has 4 nitrogen and oxygen atoms in total. The van der Waals surface area contributed by atoms with Crippen LogP contribution in [0.4, 0.5) is 5.69 Å². The van der Waals surface area contributed by atoms with Gasteiger partial charge in [0.25, 0.3) is 5.91 Å². The molecule has 2 aliphatic rings. The lowest BCUT2D eigenvalue weighted by Gasteiger charge is -2.16. The van der Waals surface area contributed by atoms with Crippen molar-refractivity contribution >= 4 is 17.9 Å². The minimum absolute atomic E-state index is 0.245. The molecule has 0 radical (unpaired) electrons. The van der Waals surface area contributed by atoms with Gasteiger partial charge in [0.05, 0.1) is 17.3 Å². The number of rotatable bonds is 1. The number of carbonyl (C=O) groups excluding carboxylic acids is 2. The molecular formula is C16H18N2O2. The van der Waals surface area contributed by atoms with Gasteiger partial charge in [0.2, 0.25) is 0 Å². The monoisotopic (exact) mass is 270 g/mol. The van der Waals surface area contributed by atoms with E-state index in [1.807, 2.05) is 18.2 Å². The van der Waals surface area contributed by atoms with Crippen LogP contribution < -0.4 is 11.1 Å². The van der Waals surface area contributed by atoms with Crippen molar-refractivity contribution in [2.24, 2.45) is 5.73 Å². The fourth-order valence-corrected chi connectivity index (χ4v) is 2.70. The standard InChI is InChI=1S/C14H14N2O.C2H4O/c1-8-6-7-10(14(15)17)13-12(8)9-4-2-3-5-11(9)16-13;1-2-3/h2-7,9,11,16H,1H3,(H2,15,17);2H,1H3. The van der Waals surface area contributed by atoms with Gasteiger partial charge in [-0.25, -0.2) is 0 Å². The van der Waals surface area contributed by atoms with Gasteiger partial charge in [0.1, 0.15) is 6.29 Å². The zero-order chi connectivity index (χ0) is 14.7. The van der Waals surface area contributed by atoms with Crippen molar-refractivity contribution in [3.05, 3.63) is 53.1 Å². The summed E-state index contributed by atoms with van der Waals surface area (Å²) in [5.74, 6) is -0.0605. The lowest BCUT2D eigenvalue weighted by Crippen LogP contribution is -2.18. The third-order valence-electron chi connectivity index (χ3n) is 3.51. The van der Waals surface area contributed by atoms with Crippen molar-refractivity contribution in [3.63, 3.8) is 0 Å². The van der Waals surface area contributed by atoms with Crippen molar-refractivity contribution in [3.8, 4) is 0 Å². The van der Waals surface area contributed by atoms with Crippen molar-refractivity contribution < 1.29 is 9.59 Å². The van der Waals surface area contributed by atoms with Crippen LogP contribution in [0, 0.1) is 6.92 Å². The largest absolute Gasteiger partial charge is 0.377 e. The number of aryl methyl sites for hydroxylation is 1. The summed E-state index contributed by atoms with van der Waals surface area (Å²) in [5.41, 5.74) is 9.30. The molecule has 1 heterocycles. The number of nitrogens with two attached hydrogens (primary N) is 1. The SMILES string of the molecule is CC=O.Cc1ccc(C(N)=O)c2c1C1C=CC=CC1N2. The van der Waals surface area contributed by atoms with Crippen molar-refractivity contribution in [1.29, 1.82) is 0 Å². The zero-order valence-electron chi connectivity index (χ0n) is 11.6. The summed E-state index contributed by atoms with van der Waals surface area (Å²) < 4.78 is 0. The first-order chi connectivity index (χ1) is 9.60. The van der Waals surface area contributed by atoms with E-state index in [0.29, 0.717) is 11.5 Å². The number of allylic oxidation sites excluding steroid dienone is 2. The molecule has 1 aromatic rings.